The standard InChI is InChI=1S/C20H26N2O4/c1-3-24-12-6-11-22-20(23)17-8-9-18(19(13-17)25-4-2)26-15-16-7-5-10-21-14-16/h5,7-10,13-14H,3-4,6,11-12,15H2,1-2H3,(H,22,23). The van der Waals surface area contributed by atoms with Crippen molar-refractivity contribution in [1.29, 1.82) is 0 Å². The van der Waals surface area contributed by atoms with Crippen molar-refractivity contribution >= 4 is 5.91 Å². The van der Waals surface area contributed by atoms with Gasteiger partial charge in [-0.2, -0.15) is 0 Å². The number of aromatic nitrogens is 1. The topological polar surface area (TPSA) is 69.7 Å². The predicted molar refractivity (Wildman–Crippen MR) is 99.6 cm³/mol. The van der Waals surface area contributed by atoms with Gasteiger partial charge in [0.1, 0.15) is 6.61 Å². The molecule has 1 aromatic heterocycles. The molecule has 0 spiro atoms. The van der Waals surface area contributed by atoms with Crippen LogP contribution in [-0.2, 0) is 11.3 Å². The van der Waals surface area contributed by atoms with Crippen molar-refractivity contribution in [2.45, 2.75) is 26.9 Å². The summed E-state index contributed by atoms with van der Waals surface area (Å²) in [5, 5.41) is 2.88. The van der Waals surface area contributed by atoms with E-state index in [1.165, 1.54) is 0 Å². The maximum absolute atomic E-state index is 12.3. The predicted octanol–water partition coefficient (Wildman–Crippen LogP) is 3.22. The van der Waals surface area contributed by atoms with Crippen molar-refractivity contribution in [1.82, 2.24) is 10.3 Å². The van der Waals surface area contributed by atoms with Crippen molar-refractivity contribution < 1.29 is 19.0 Å². The Morgan fingerprint density at radius 2 is 2.00 bits per heavy atom. The number of carbonyl (C=O) groups excluding carboxylic acids is 1. The first-order valence-corrected chi connectivity index (χ1v) is 8.89. The van der Waals surface area contributed by atoms with Gasteiger partial charge in [-0.15, -0.1) is 0 Å². The van der Waals surface area contributed by atoms with E-state index in [9.17, 15) is 4.79 Å². The Kier molecular flexibility index (Phi) is 8.42. The smallest absolute Gasteiger partial charge is 0.251 e. The molecule has 0 aliphatic carbocycles. The molecule has 26 heavy (non-hydrogen) atoms. The van der Waals surface area contributed by atoms with Crippen LogP contribution in [0.4, 0.5) is 0 Å². The summed E-state index contributed by atoms with van der Waals surface area (Å²) in [5.74, 6) is 1.02. The minimum Gasteiger partial charge on any atom is -0.490 e. The number of carbonyl (C=O) groups is 1. The van der Waals surface area contributed by atoms with Gasteiger partial charge in [0.25, 0.3) is 5.91 Å². The van der Waals surface area contributed by atoms with E-state index in [-0.39, 0.29) is 5.91 Å². The molecule has 0 atom stereocenters. The molecule has 1 heterocycles. The van der Waals surface area contributed by atoms with Crippen LogP contribution >= 0.6 is 0 Å². The summed E-state index contributed by atoms with van der Waals surface area (Å²) in [5.41, 5.74) is 1.50. The third kappa shape index (κ3) is 6.37. The molecular formula is C20H26N2O4. The van der Waals surface area contributed by atoms with Crippen LogP contribution in [0.3, 0.4) is 0 Å². The average molecular weight is 358 g/mol. The largest absolute Gasteiger partial charge is 0.490 e. The van der Waals surface area contributed by atoms with Gasteiger partial charge < -0.3 is 19.5 Å². The number of ether oxygens (including phenoxy) is 3. The average Bonchev–Trinajstić information content (AvgIpc) is 2.67. The summed E-state index contributed by atoms with van der Waals surface area (Å²) in [6, 6.07) is 9.01. The number of nitrogens with one attached hydrogen (secondary N) is 1. The fourth-order valence-electron chi connectivity index (χ4n) is 2.30. The zero-order valence-electron chi connectivity index (χ0n) is 15.4. The molecule has 140 valence electrons. The van der Waals surface area contributed by atoms with E-state index in [4.69, 9.17) is 14.2 Å². The number of pyridine rings is 1. The highest BCUT2D eigenvalue weighted by atomic mass is 16.5. The summed E-state index contributed by atoms with van der Waals surface area (Å²) < 4.78 is 16.7. The van der Waals surface area contributed by atoms with Gasteiger partial charge in [-0.1, -0.05) is 6.07 Å². The molecule has 0 unspecified atom stereocenters. The molecule has 0 saturated carbocycles. The Morgan fingerprint density at radius 1 is 1.12 bits per heavy atom. The van der Waals surface area contributed by atoms with Crippen molar-refractivity contribution in [3.63, 3.8) is 0 Å². The number of hydrogen-bond donors (Lipinski definition) is 1. The molecule has 2 aromatic rings. The molecule has 1 aromatic carbocycles. The fourth-order valence-corrected chi connectivity index (χ4v) is 2.30. The first-order chi connectivity index (χ1) is 12.7. The highest BCUT2D eigenvalue weighted by molar-refractivity contribution is 5.94. The summed E-state index contributed by atoms with van der Waals surface area (Å²) >= 11 is 0. The van der Waals surface area contributed by atoms with Crippen LogP contribution in [0, 0.1) is 0 Å². The summed E-state index contributed by atoms with van der Waals surface area (Å²) in [7, 11) is 0. The van der Waals surface area contributed by atoms with E-state index in [2.05, 4.69) is 10.3 Å². The lowest BCUT2D eigenvalue weighted by Crippen LogP contribution is -2.25. The van der Waals surface area contributed by atoms with E-state index in [0.717, 1.165) is 12.0 Å². The Morgan fingerprint density at radius 3 is 2.73 bits per heavy atom. The van der Waals surface area contributed by atoms with Crippen LogP contribution in [0.2, 0.25) is 0 Å². The van der Waals surface area contributed by atoms with Crippen molar-refractivity contribution in [2.24, 2.45) is 0 Å². The van der Waals surface area contributed by atoms with E-state index in [0.29, 0.717) is 50.0 Å². The number of hydrogen-bond acceptors (Lipinski definition) is 5. The van der Waals surface area contributed by atoms with Gasteiger partial charge in [-0.3, -0.25) is 9.78 Å². The SMILES string of the molecule is CCOCCCNC(=O)c1ccc(OCc2cccnc2)c(OCC)c1. The normalized spacial score (nSPS) is 10.4. The van der Waals surface area contributed by atoms with E-state index >= 15 is 0 Å². The van der Waals surface area contributed by atoms with E-state index in [1.807, 2.05) is 26.0 Å². The van der Waals surface area contributed by atoms with Crippen LogP contribution in [0.1, 0.15) is 36.2 Å². The third-order valence-electron chi connectivity index (χ3n) is 3.58. The van der Waals surface area contributed by atoms with Crippen molar-refractivity contribution in [3.8, 4) is 11.5 Å². The second-order valence-corrected chi connectivity index (χ2v) is 5.55. The van der Waals surface area contributed by atoms with Crippen LogP contribution < -0.4 is 14.8 Å². The first kappa shape index (κ1) is 19.7. The fraction of sp³-hybridized carbons (Fsp3) is 0.400. The second kappa shape index (κ2) is 11.1. The van der Waals surface area contributed by atoms with Gasteiger partial charge >= 0.3 is 0 Å². The van der Waals surface area contributed by atoms with Gasteiger partial charge in [0, 0.05) is 43.3 Å². The Hall–Kier alpha value is -2.60. The number of rotatable bonds is 11. The molecule has 6 nitrogen and oxygen atoms in total. The van der Waals surface area contributed by atoms with Gasteiger partial charge in [-0.25, -0.2) is 0 Å². The highest BCUT2D eigenvalue weighted by Crippen LogP contribution is 2.29. The maximum Gasteiger partial charge on any atom is 0.251 e. The maximum atomic E-state index is 12.3. The van der Waals surface area contributed by atoms with Crippen molar-refractivity contribution in [3.05, 3.63) is 53.9 Å². The first-order valence-electron chi connectivity index (χ1n) is 8.89. The summed E-state index contributed by atoms with van der Waals surface area (Å²) in [6.45, 7) is 6.62. The lowest BCUT2D eigenvalue weighted by Gasteiger charge is -2.13. The number of amides is 1. The van der Waals surface area contributed by atoms with Gasteiger partial charge in [0.05, 0.1) is 6.61 Å². The zero-order chi connectivity index (χ0) is 18.6. The molecule has 0 bridgehead atoms. The Labute approximate surface area is 154 Å². The van der Waals surface area contributed by atoms with Crippen LogP contribution in [0.15, 0.2) is 42.7 Å². The van der Waals surface area contributed by atoms with Crippen molar-refractivity contribution in [2.75, 3.05) is 26.4 Å². The summed E-state index contributed by atoms with van der Waals surface area (Å²) in [4.78, 5) is 16.3. The highest BCUT2D eigenvalue weighted by Gasteiger charge is 2.11. The summed E-state index contributed by atoms with van der Waals surface area (Å²) in [6.07, 6.45) is 4.26. The lowest BCUT2D eigenvalue weighted by atomic mass is 10.2. The molecule has 1 amide bonds. The zero-order valence-corrected chi connectivity index (χ0v) is 15.4. The van der Waals surface area contributed by atoms with Crippen LogP contribution in [0.5, 0.6) is 11.5 Å². The molecule has 0 fully saturated rings. The lowest BCUT2D eigenvalue weighted by molar-refractivity contribution is 0.0943. The molecular weight excluding hydrogens is 332 g/mol. The monoisotopic (exact) mass is 358 g/mol. The molecule has 0 radical (unpaired) electrons. The Balaban J connectivity index is 1.97. The minimum absolute atomic E-state index is 0.138. The molecule has 0 aliphatic heterocycles. The number of benzene rings is 1. The molecule has 1 N–H and O–H groups in total. The molecule has 2 rings (SSSR count). The van der Waals surface area contributed by atoms with Gasteiger partial charge in [0.2, 0.25) is 0 Å². The third-order valence-corrected chi connectivity index (χ3v) is 3.58. The quantitative estimate of drug-likeness (QED) is 0.625. The van der Waals surface area contributed by atoms with E-state index < -0.39 is 0 Å². The minimum atomic E-state index is -0.138. The van der Waals surface area contributed by atoms with Crippen LogP contribution in [0.25, 0.3) is 0 Å². The Bertz CT molecular complexity index is 677. The molecule has 0 aliphatic rings. The number of nitrogens with zero attached hydrogens (tertiary/aromatic N) is 1. The van der Waals surface area contributed by atoms with Crippen LogP contribution in [-0.4, -0.2) is 37.3 Å². The van der Waals surface area contributed by atoms with E-state index in [1.54, 1.807) is 30.6 Å². The second-order valence-electron chi connectivity index (χ2n) is 5.55. The molecule has 0 saturated heterocycles. The van der Waals surface area contributed by atoms with Gasteiger partial charge in [0.15, 0.2) is 11.5 Å². The molecule has 6 heteroatoms. The van der Waals surface area contributed by atoms with Gasteiger partial charge in [-0.05, 0) is 44.5 Å².